The molecule has 5 heteroatoms. The van der Waals surface area contributed by atoms with E-state index in [1.54, 1.807) is 16.8 Å². The van der Waals surface area contributed by atoms with Crippen LogP contribution in [0.2, 0.25) is 5.02 Å². The lowest BCUT2D eigenvalue weighted by Crippen LogP contribution is -1.94. The number of benzene rings is 2. The van der Waals surface area contributed by atoms with E-state index in [0.29, 0.717) is 5.02 Å². The van der Waals surface area contributed by atoms with Crippen LogP contribution >= 0.6 is 11.6 Å². The molecule has 3 aromatic rings. The molecule has 0 atom stereocenters. The van der Waals surface area contributed by atoms with Crippen molar-refractivity contribution in [2.24, 2.45) is 5.16 Å². The van der Waals surface area contributed by atoms with Crippen LogP contribution in [0, 0.1) is 0 Å². The second-order valence-corrected chi connectivity index (χ2v) is 4.90. The number of hydrogen-bond acceptors (Lipinski definition) is 3. The fourth-order valence-corrected chi connectivity index (χ4v) is 2.22. The molecule has 2 aromatic carbocycles. The summed E-state index contributed by atoms with van der Waals surface area (Å²) in [6.45, 7) is 0. The molecule has 0 bridgehead atoms. The van der Waals surface area contributed by atoms with Crippen LogP contribution < -0.4 is 0 Å². The van der Waals surface area contributed by atoms with Gasteiger partial charge in [0.1, 0.15) is 5.69 Å². The van der Waals surface area contributed by atoms with Crippen molar-refractivity contribution in [3.63, 3.8) is 0 Å². The minimum Gasteiger partial charge on any atom is -0.411 e. The Morgan fingerprint density at radius 2 is 1.76 bits per heavy atom. The molecule has 0 amide bonds. The molecule has 0 saturated heterocycles. The van der Waals surface area contributed by atoms with E-state index in [4.69, 9.17) is 16.8 Å². The summed E-state index contributed by atoms with van der Waals surface area (Å²) in [5.74, 6) is 0. The molecule has 104 valence electrons. The van der Waals surface area contributed by atoms with Crippen LogP contribution in [-0.2, 0) is 0 Å². The first-order valence-corrected chi connectivity index (χ1v) is 6.74. The van der Waals surface area contributed by atoms with E-state index in [-0.39, 0.29) is 0 Å². The van der Waals surface area contributed by atoms with Gasteiger partial charge in [-0.05, 0) is 24.3 Å². The lowest BCUT2D eigenvalue weighted by atomic mass is 10.1. The third-order valence-electron chi connectivity index (χ3n) is 3.08. The van der Waals surface area contributed by atoms with Gasteiger partial charge in [0.25, 0.3) is 0 Å². The molecule has 0 fully saturated rings. The lowest BCUT2D eigenvalue weighted by molar-refractivity contribution is 0.322. The molecular formula is C16H12ClN3O. The van der Waals surface area contributed by atoms with Crippen molar-refractivity contribution in [1.29, 1.82) is 0 Å². The van der Waals surface area contributed by atoms with Crippen LogP contribution in [0.25, 0.3) is 16.9 Å². The highest BCUT2D eigenvalue weighted by atomic mass is 35.5. The Morgan fingerprint density at radius 3 is 2.43 bits per heavy atom. The Hall–Kier alpha value is -2.59. The number of hydrogen-bond donors (Lipinski definition) is 1. The van der Waals surface area contributed by atoms with E-state index >= 15 is 0 Å². The average molecular weight is 298 g/mol. The van der Waals surface area contributed by atoms with E-state index < -0.39 is 0 Å². The summed E-state index contributed by atoms with van der Waals surface area (Å²) in [7, 11) is 0. The molecule has 0 saturated carbocycles. The van der Waals surface area contributed by atoms with Crippen LogP contribution in [0.1, 0.15) is 5.56 Å². The van der Waals surface area contributed by atoms with Gasteiger partial charge < -0.3 is 5.21 Å². The minimum atomic E-state index is 0.673. The van der Waals surface area contributed by atoms with Crippen LogP contribution in [0.15, 0.2) is 65.9 Å². The molecule has 0 aliphatic heterocycles. The lowest BCUT2D eigenvalue weighted by Gasteiger charge is -2.01. The first-order valence-electron chi connectivity index (χ1n) is 6.36. The molecule has 1 aromatic heterocycles. The zero-order chi connectivity index (χ0) is 14.7. The van der Waals surface area contributed by atoms with Crippen molar-refractivity contribution >= 4 is 17.8 Å². The maximum atomic E-state index is 8.82. The molecule has 0 unspecified atom stereocenters. The summed E-state index contributed by atoms with van der Waals surface area (Å²) in [6.07, 6.45) is 3.19. The van der Waals surface area contributed by atoms with Crippen molar-refractivity contribution in [2.45, 2.75) is 0 Å². The number of rotatable bonds is 3. The molecule has 0 aliphatic rings. The van der Waals surface area contributed by atoms with E-state index in [0.717, 1.165) is 22.5 Å². The molecule has 1 heterocycles. The Labute approximate surface area is 126 Å². The summed E-state index contributed by atoms with van der Waals surface area (Å²) in [6, 6.07) is 17.1. The first kappa shape index (κ1) is 13.4. The van der Waals surface area contributed by atoms with Crippen LogP contribution in [0.4, 0.5) is 0 Å². The number of oxime groups is 1. The van der Waals surface area contributed by atoms with E-state index in [2.05, 4.69) is 10.3 Å². The van der Waals surface area contributed by atoms with Crippen LogP contribution in [0.5, 0.6) is 0 Å². The van der Waals surface area contributed by atoms with Gasteiger partial charge in [-0.2, -0.15) is 5.10 Å². The largest absolute Gasteiger partial charge is 0.411 e. The smallest absolute Gasteiger partial charge is 0.102 e. The predicted octanol–water partition coefficient (Wildman–Crippen LogP) is 4.00. The Morgan fingerprint density at radius 1 is 1.05 bits per heavy atom. The van der Waals surface area contributed by atoms with Crippen molar-refractivity contribution in [3.8, 4) is 16.9 Å². The number of halogens is 1. The highest BCUT2D eigenvalue weighted by molar-refractivity contribution is 6.30. The van der Waals surface area contributed by atoms with Gasteiger partial charge >= 0.3 is 0 Å². The highest BCUT2D eigenvalue weighted by Gasteiger charge is 2.10. The molecule has 3 rings (SSSR count). The molecule has 0 aliphatic carbocycles. The quantitative estimate of drug-likeness (QED) is 0.451. The number of nitrogens with zero attached hydrogens (tertiary/aromatic N) is 3. The molecule has 4 nitrogen and oxygen atoms in total. The van der Waals surface area contributed by atoms with Gasteiger partial charge in [-0.25, -0.2) is 4.68 Å². The van der Waals surface area contributed by atoms with Gasteiger partial charge in [0, 0.05) is 22.3 Å². The standard InChI is InChI=1S/C16H12ClN3O/c17-14-6-8-15(9-7-14)20-11-13(10-18-21)16(19-20)12-4-2-1-3-5-12/h1-11,21H/b18-10+. The van der Waals surface area contributed by atoms with Crippen molar-refractivity contribution < 1.29 is 5.21 Å². The molecule has 21 heavy (non-hydrogen) atoms. The minimum absolute atomic E-state index is 0.673. The Kier molecular flexibility index (Phi) is 3.71. The highest BCUT2D eigenvalue weighted by Crippen LogP contribution is 2.23. The van der Waals surface area contributed by atoms with E-state index in [1.165, 1.54) is 6.21 Å². The molecular weight excluding hydrogens is 286 g/mol. The maximum Gasteiger partial charge on any atom is 0.102 e. The normalized spacial score (nSPS) is 11.1. The summed E-state index contributed by atoms with van der Waals surface area (Å²) >= 11 is 5.90. The predicted molar refractivity (Wildman–Crippen MR) is 83.4 cm³/mol. The van der Waals surface area contributed by atoms with Crippen molar-refractivity contribution in [1.82, 2.24) is 9.78 Å². The SMILES string of the molecule is O/N=C/c1cn(-c2ccc(Cl)cc2)nc1-c1ccccc1. The van der Waals surface area contributed by atoms with Crippen molar-refractivity contribution in [2.75, 3.05) is 0 Å². The topological polar surface area (TPSA) is 50.4 Å². The molecule has 0 spiro atoms. The van der Waals surface area contributed by atoms with Gasteiger partial charge in [-0.15, -0.1) is 0 Å². The van der Waals surface area contributed by atoms with Gasteiger partial charge in [0.05, 0.1) is 11.9 Å². The Bertz CT molecular complexity index is 764. The van der Waals surface area contributed by atoms with Crippen LogP contribution in [0.3, 0.4) is 0 Å². The summed E-state index contributed by atoms with van der Waals surface area (Å²) in [5.41, 5.74) is 3.33. The zero-order valence-corrected chi connectivity index (χ0v) is 11.8. The zero-order valence-electron chi connectivity index (χ0n) is 11.0. The van der Waals surface area contributed by atoms with Crippen LogP contribution in [-0.4, -0.2) is 21.2 Å². The van der Waals surface area contributed by atoms with Gasteiger partial charge in [0.2, 0.25) is 0 Å². The summed E-state index contributed by atoms with van der Waals surface area (Å²) in [5, 5.41) is 17.2. The second kappa shape index (κ2) is 5.81. The van der Waals surface area contributed by atoms with E-state index in [9.17, 15) is 0 Å². The summed E-state index contributed by atoms with van der Waals surface area (Å²) < 4.78 is 1.73. The third-order valence-corrected chi connectivity index (χ3v) is 3.33. The maximum absolute atomic E-state index is 8.82. The fourth-order valence-electron chi connectivity index (χ4n) is 2.09. The average Bonchev–Trinajstić information content (AvgIpc) is 2.93. The second-order valence-electron chi connectivity index (χ2n) is 4.46. The Balaban J connectivity index is 2.10. The molecule has 0 radical (unpaired) electrons. The third kappa shape index (κ3) is 2.80. The van der Waals surface area contributed by atoms with Gasteiger partial charge in [-0.1, -0.05) is 47.1 Å². The first-order chi connectivity index (χ1) is 10.3. The fraction of sp³-hybridized carbons (Fsp3) is 0. The molecule has 1 N–H and O–H groups in total. The van der Waals surface area contributed by atoms with Gasteiger partial charge in [-0.3, -0.25) is 0 Å². The number of aromatic nitrogens is 2. The van der Waals surface area contributed by atoms with E-state index in [1.807, 2.05) is 48.7 Å². The summed E-state index contributed by atoms with van der Waals surface area (Å²) in [4.78, 5) is 0. The van der Waals surface area contributed by atoms with Crippen molar-refractivity contribution in [3.05, 3.63) is 71.4 Å². The monoisotopic (exact) mass is 297 g/mol. The van der Waals surface area contributed by atoms with Gasteiger partial charge in [0.15, 0.2) is 0 Å².